The first-order valence-electron chi connectivity index (χ1n) is 35.1. The van der Waals surface area contributed by atoms with Crippen molar-refractivity contribution in [3.63, 3.8) is 0 Å². The molecule has 0 fully saturated rings. The first-order valence-corrected chi connectivity index (χ1v) is 35.1. The van der Waals surface area contributed by atoms with Gasteiger partial charge in [-0.25, -0.2) is 0 Å². The van der Waals surface area contributed by atoms with Crippen molar-refractivity contribution in [1.82, 2.24) is 9.13 Å². The van der Waals surface area contributed by atoms with Crippen molar-refractivity contribution < 1.29 is 0 Å². The molecule has 2 aliphatic carbocycles. The highest BCUT2D eigenvalue weighted by molar-refractivity contribution is 6.19. The third-order valence-electron chi connectivity index (χ3n) is 22.0. The molecule has 17 rings (SSSR count). The highest BCUT2D eigenvalue weighted by Crippen LogP contribution is 2.54. The van der Waals surface area contributed by atoms with E-state index < -0.39 is 0 Å². The van der Waals surface area contributed by atoms with E-state index in [-0.39, 0.29) is 22.2 Å². The summed E-state index contributed by atoms with van der Waals surface area (Å²) < 4.78 is 5.23. The molecular formula is C97H78N2. The molecule has 0 radical (unpaired) electrons. The minimum absolute atomic E-state index is 0.207. The van der Waals surface area contributed by atoms with Crippen LogP contribution in [0.5, 0.6) is 0 Å². The van der Waals surface area contributed by atoms with Crippen LogP contribution in [0.25, 0.3) is 94.9 Å². The Kier molecular flexibility index (Phi) is 15.3. The van der Waals surface area contributed by atoms with Crippen LogP contribution in [0.15, 0.2) is 346 Å². The second-order valence-electron chi connectivity index (χ2n) is 28.6. The van der Waals surface area contributed by atoms with Gasteiger partial charge in [-0.2, -0.15) is 0 Å². The van der Waals surface area contributed by atoms with Gasteiger partial charge in [0, 0.05) is 72.3 Å². The fourth-order valence-corrected chi connectivity index (χ4v) is 16.5. The number of aromatic nitrogens is 2. The smallest absolute Gasteiger partial charge is 0.0620 e. The van der Waals surface area contributed by atoms with Crippen molar-refractivity contribution >= 4 is 39.0 Å². The molecule has 0 amide bonds. The van der Waals surface area contributed by atoms with Crippen LogP contribution in [-0.4, -0.2) is 9.13 Å². The lowest BCUT2D eigenvalue weighted by atomic mass is 9.68. The fraction of sp³-hybridized carbons (Fsp3) is 0.113. The zero-order valence-corrected chi connectivity index (χ0v) is 56.9. The van der Waals surface area contributed by atoms with Gasteiger partial charge in [0.1, 0.15) is 0 Å². The summed E-state index contributed by atoms with van der Waals surface area (Å²) in [5.41, 5.74) is 31.5. The molecule has 2 heteroatoms. The average Bonchev–Trinajstić information content (AvgIpc) is 1.56. The predicted molar refractivity (Wildman–Crippen MR) is 417 cm³/mol. The molecule has 0 saturated heterocycles. The Morgan fingerprint density at radius 2 is 0.717 bits per heavy atom. The molecule has 2 heterocycles. The molecule has 0 saturated carbocycles. The monoisotopic (exact) mass is 1270 g/mol. The van der Waals surface area contributed by atoms with Crippen molar-refractivity contribution in [2.45, 2.75) is 69.6 Å². The van der Waals surface area contributed by atoms with Gasteiger partial charge in [0.15, 0.2) is 0 Å². The maximum Gasteiger partial charge on any atom is 0.0620 e. The summed E-state index contributed by atoms with van der Waals surface area (Å²) >= 11 is 0. The summed E-state index contributed by atoms with van der Waals surface area (Å²) in [6.07, 6.45) is 6.89. The van der Waals surface area contributed by atoms with Gasteiger partial charge in [-0.15, -0.1) is 0 Å². The minimum atomic E-state index is -0.361. The molecule has 2 unspecified atom stereocenters. The maximum atomic E-state index is 2.67. The fourth-order valence-electron chi connectivity index (χ4n) is 16.5. The van der Waals surface area contributed by atoms with Crippen LogP contribution in [0.1, 0.15) is 114 Å². The van der Waals surface area contributed by atoms with Crippen molar-refractivity contribution in [3.8, 4) is 55.9 Å². The number of allylic oxidation sites excluding steroid dienone is 2. The van der Waals surface area contributed by atoms with E-state index in [4.69, 9.17) is 0 Å². The molecule has 0 aliphatic heterocycles. The van der Waals surface area contributed by atoms with E-state index in [2.05, 4.69) is 396 Å². The summed E-state index contributed by atoms with van der Waals surface area (Å²) in [6.45, 7) is 12.0. The predicted octanol–water partition coefficient (Wildman–Crippen LogP) is 24.9. The molecule has 0 bridgehead atoms. The quantitative estimate of drug-likeness (QED) is 0.103. The number of benzene rings is 13. The average molecular weight is 1270 g/mol. The normalized spacial score (nSPS) is 15.3. The molecule has 99 heavy (non-hydrogen) atoms. The lowest BCUT2D eigenvalue weighted by Crippen LogP contribution is -2.30. The molecule has 2 aromatic heterocycles. The van der Waals surface area contributed by atoms with Crippen molar-refractivity contribution in [2.75, 3.05) is 0 Å². The van der Waals surface area contributed by atoms with Gasteiger partial charge >= 0.3 is 0 Å². The van der Waals surface area contributed by atoms with Crippen molar-refractivity contribution in [1.29, 1.82) is 0 Å². The van der Waals surface area contributed by atoms with E-state index in [1.165, 1.54) is 150 Å². The van der Waals surface area contributed by atoms with Gasteiger partial charge in [0.05, 0.1) is 16.7 Å². The van der Waals surface area contributed by atoms with Gasteiger partial charge in [-0.05, 0) is 163 Å². The Hall–Kier alpha value is -11.6. The molecule has 13 aromatic carbocycles. The number of hydrogen-bond donors (Lipinski definition) is 0. The van der Waals surface area contributed by atoms with Crippen LogP contribution in [0.4, 0.5) is 0 Å². The first-order chi connectivity index (χ1) is 48.5. The first kappa shape index (κ1) is 61.0. The second kappa shape index (κ2) is 24.8. The van der Waals surface area contributed by atoms with Gasteiger partial charge in [-0.1, -0.05) is 325 Å². The summed E-state index contributed by atoms with van der Waals surface area (Å²) in [4.78, 5) is 0. The standard InChI is InChI=1S/C97H78N2/c1-95(2,79-50-54-82(55-51-79)98-91-84(70-38-22-10-23-39-70)58-73(66-30-14-6-15-31-66)61-87(91)88-62-74(67-32-16-7-17-33-67)59-85(92(88)98)71-40-24-11-25-41-71)77-46-48-78(49-47-77)96(3,4)80-52-56-83(57-53-80)99-93-86(72-42-26-12-27-43-72)60-75(68-34-18-8-19-35-68)63-89(93)90-64-76(69-36-20-9-21-37-69)65-97(5,94(90)99)81-44-28-13-29-45-81/h6-62,64,75H,63,65H2,1-5H3. The molecule has 2 aliphatic rings. The molecule has 0 N–H and O–H groups in total. The molecule has 15 aromatic rings. The topological polar surface area (TPSA) is 9.86 Å². The molecular weight excluding hydrogens is 1190 g/mol. The van der Waals surface area contributed by atoms with Crippen molar-refractivity contribution in [3.05, 3.63) is 413 Å². The zero-order chi connectivity index (χ0) is 66.8. The van der Waals surface area contributed by atoms with Gasteiger partial charge in [-0.3, -0.25) is 0 Å². The molecule has 0 spiro atoms. The van der Waals surface area contributed by atoms with E-state index in [0.29, 0.717) is 0 Å². The Morgan fingerprint density at radius 1 is 0.354 bits per heavy atom. The lowest BCUT2D eigenvalue weighted by Gasteiger charge is -2.37. The van der Waals surface area contributed by atoms with Gasteiger partial charge in [0.25, 0.3) is 0 Å². The van der Waals surface area contributed by atoms with E-state index in [1.807, 2.05) is 0 Å². The number of fused-ring (bicyclic) bond motifs is 6. The van der Waals surface area contributed by atoms with Crippen molar-refractivity contribution in [2.24, 2.45) is 0 Å². The SMILES string of the molecule is CC(C)(c1ccc(-n2c3c(c4c2C(C)(c2ccccc2)CC(c2ccccc2)=C4)CC(c2ccccc2)C=C3c2ccccc2)cc1)c1ccc(C(C)(C)c2ccc(-n3c4c(-c5ccccc5)cc(-c5ccccc5)cc4c4cc(-c5ccccc5)cc(-c5ccccc5)c43)cc2)cc1. The van der Waals surface area contributed by atoms with Crippen LogP contribution < -0.4 is 0 Å². The summed E-state index contributed by atoms with van der Waals surface area (Å²) in [6, 6.07) is 126. The third-order valence-corrected chi connectivity index (χ3v) is 22.0. The Morgan fingerprint density at radius 3 is 1.15 bits per heavy atom. The Labute approximate surface area is 582 Å². The number of hydrogen-bond acceptors (Lipinski definition) is 0. The van der Waals surface area contributed by atoms with E-state index in [9.17, 15) is 0 Å². The Balaban J connectivity index is 0.751. The van der Waals surface area contributed by atoms with E-state index in [1.54, 1.807) is 0 Å². The molecule has 2 nitrogen and oxygen atoms in total. The van der Waals surface area contributed by atoms with Crippen LogP contribution in [0.2, 0.25) is 0 Å². The number of nitrogens with zero attached hydrogens (tertiary/aromatic N) is 2. The van der Waals surface area contributed by atoms with Crippen LogP contribution in [0, 0.1) is 0 Å². The highest BCUT2D eigenvalue weighted by atomic mass is 15.0. The second-order valence-corrected chi connectivity index (χ2v) is 28.6. The third kappa shape index (κ3) is 10.7. The molecule has 2 atom stereocenters. The Bertz CT molecular complexity index is 5370. The van der Waals surface area contributed by atoms with Crippen LogP contribution >= 0.6 is 0 Å². The van der Waals surface area contributed by atoms with E-state index in [0.717, 1.165) is 18.5 Å². The molecule has 476 valence electrons. The summed E-state index contributed by atoms with van der Waals surface area (Å²) in [7, 11) is 0. The summed E-state index contributed by atoms with van der Waals surface area (Å²) in [5, 5.41) is 2.44. The van der Waals surface area contributed by atoms with E-state index >= 15 is 0 Å². The largest absolute Gasteiger partial charge is 0.312 e. The maximum absolute atomic E-state index is 2.67. The van der Waals surface area contributed by atoms with Gasteiger partial charge in [0.2, 0.25) is 0 Å². The lowest BCUT2D eigenvalue weighted by molar-refractivity contribution is 0.551. The summed E-state index contributed by atoms with van der Waals surface area (Å²) in [5.74, 6) is 0.207. The zero-order valence-electron chi connectivity index (χ0n) is 56.9. The van der Waals surface area contributed by atoms with Gasteiger partial charge < -0.3 is 9.13 Å². The minimum Gasteiger partial charge on any atom is -0.312 e. The number of rotatable bonds is 14. The van der Waals surface area contributed by atoms with Crippen LogP contribution in [-0.2, 0) is 22.7 Å². The highest BCUT2D eigenvalue weighted by Gasteiger charge is 2.43. The van der Waals surface area contributed by atoms with Crippen LogP contribution in [0.3, 0.4) is 0 Å².